The van der Waals surface area contributed by atoms with Gasteiger partial charge in [0.1, 0.15) is 13.2 Å². The van der Waals surface area contributed by atoms with Crippen LogP contribution >= 0.6 is 0 Å². The van der Waals surface area contributed by atoms with Crippen molar-refractivity contribution in [3.05, 3.63) is 59.7 Å². The van der Waals surface area contributed by atoms with Crippen molar-refractivity contribution >= 4 is 12.1 Å². The number of rotatable bonds is 5. The molecule has 0 spiro atoms. The maximum absolute atomic E-state index is 12.5. The van der Waals surface area contributed by atoms with Gasteiger partial charge in [0.25, 0.3) is 0 Å². The zero-order valence-corrected chi connectivity index (χ0v) is 15.7. The van der Waals surface area contributed by atoms with Crippen LogP contribution in [-0.4, -0.2) is 55.7 Å². The van der Waals surface area contributed by atoms with Crippen LogP contribution in [0.25, 0.3) is 11.1 Å². The summed E-state index contributed by atoms with van der Waals surface area (Å²) in [4.78, 5) is 25.3. The molecule has 1 atom stereocenters. The van der Waals surface area contributed by atoms with Crippen LogP contribution in [0.4, 0.5) is 18.0 Å². The third-order valence-electron chi connectivity index (χ3n) is 5.11. The van der Waals surface area contributed by atoms with Crippen LogP contribution in [0.15, 0.2) is 48.5 Å². The predicted octanol–water partition coefficient (Wildman–Crippen LogP) is 3.70. The average molecular weight is 421 g/mol. The van der Waals surface area contributed by atoms with E-state index in [0.717, 1.165) is 27.2 Å². The second-order valence-corrected chi connectivity index (χ2v) is 7.01. The number of nitrogens with zero attached hydrogens (tertiary/aromatic N) is 1. The predicted molar refractivity (Wildman–Crippen MR) is 98.5 cm³/mol. The maximum Gasteiger partial charge on any atom is 0.413 e. The number of alkyl halides is 3. The number of hydrogen-bond donors (Lipinski definition) is 0. The Morgan fingerprint density at radius 1 is 1.03 bits per heavy atom. The number of benzene rings is 2. The summed E-state index contributed by atoms with van der Waals surface area (Å²) >= 11 is 0. The fourth-order valence-electron chi connectivity index (χ4n) is 3.75. The molecule has 2 aromatic rings. The van der Waals surface area contributed by atoms with E-state index in [9.17, 15) is 22.8 Å². The molecule has 158 valence electrons. The summed E-state index contributed by atoms with van der Waals surface area (Å²) in [6.45, 7) is -2.51. The van der Waals surface area contributed by atoms with E-state index in [1.165, 1.54) is 0 Å². The van der Waals surface area contributed by atoms with Crippen molar-refractivity contribution in [2.24, 2.45) is 0 Å². The van der Waals surface area contributed by atoms with Crippen LogP contribution in [-0.2, 0) is 19.0 Å². The molecule has 0 bridgehead atoms. The van der Waals surface area contributed by atoms with Gasteiger partial charge in [-0.1, -0.05) is 48.5 Å². The molecule has 30 heavy (non-hydrogen) atoms. The minimum atomic E-state index is -4.53. The standard InChI is InChI=1S/C21H18F3NO5/c22-21(23,24)11-28-10-18-19(26)30-12-25(18)20(27)29-9-17-15-7-3-1-5-13(15)14-6-2-4-8-16(14)17/h1-8,17-18H,9-12H2/t18-/m0/s1. The Bertz CT molecular complexity index is 916. The van der Waals surface area contributed by atoms with Crippen molar-refractivity contribution in [3.63, 3.8) is 0 Å². The summed E-state index contributed by atoms with van der Waals surface area (Å²) in [5, 5.41) is 0. The largest absolute Gasteiger partial charge is 0.448 e. The highest BCUT2D eigenvalue weighted by Crippen LogP contribution is 2.44. The molecule has 4 rings (SSSR count). The van der Waals surface area contributed by atoms with Gasteiger partial charge >= 0.3 is 18.2 Å². The summed E-state index contributed by atoms with van der Waals surface area (Å²) in [6, 6.07) is 14.3. The lowest BCUT2D eigenvalue weighted by atomic mass is 9.98. The van der Waals surface area contributed by atoms with Crippen molar-refractivity contribution in [2.75, 3.05) is 26.6 Å². The van der Waals surface area contributed by atoms with Crippen LogP contribution in [0, 0.1) is 0 Å². The number of amides is 1. The third kappa shape index (κ3) is 3.97. The lowest BCUT2D eigenvalue weighted by Crippen LogP contribution is -2.42. The molecular formula is C21H18F3NO5. The van der Waals surface area contributed by atoms with Crippen LogP contribution < -0.4 is 0 Å². The molecule has 0 radical (unpaired) electrons. The van der Waals surface area contributed by atoms with Gasteiger partial charge in [-0.2, -0.15) is 13.2 Å². The van der Waals surface area contributed by atoms with Gasteiger partial charge in [0.2, 0.25) is 0 Å². The smallest absolute Gasteiger partial charge is 0.413 e. The first kappa shape index (κ1) is 20.2. The summed E-state index contributed by atoms with van der Waals surface area (Å²) in [5.74, 6) is -1.01. The molecular weight excluding hydrogens is 403 g/mol. The van der Waals surface area contributed by atoms with E-state index in [2.05, 4.69) is 4.74 Å². The molecule has 0 unspecified atom stereocenters. The van der Waals surface area contributed by atoms with E-state index in [-0.39, 0.29) is 12.5 Å². The second-order valence-electron chi connectivity index (χ2n) is 7.01. The first-order valence-corrected chi connectivity index (χ1v) is 9.28. The van der Waals surface area contributed by atoms with Gasteiger partial charge in [-0.25, -0.2) is 9.59 Å². The molecule has 1 aliphatic heterocycles. The molecule has 0 N–H and O–H groups in total. The normalized spacial score (nSPS) is 18.2. The van der Waals surface area contributed by atoms with E-state index in [4.69, 9.17) is 9.47 Å². The highest BCUT2D eigenvalue weighted by Gasteiger charge is 2.40. The molecule has 1 aliphatic carbocycles. The zero-order valence-electron chi connectivity index (χ0n) is 15.7. The Morgan fingerprint density at radius 2 is 1.63 bits per heavy atom. The van der Waals surface area contributed by atoms with Crippen molar-refractivity contribution < 1.29 is 37.0 Å². The number of cyclic esters (lactones) is 1. The fraction of sp³-hybridized carbons (Fsp3) is 0.333. The van der Waals surface area contributed by atoms with E-state index in [0.29, 0.717) is 0 Å². The topological polar surface area (TPSA) is 65.1 Å². The molecule has 1 fully saturated rings. The molecule has 6 nitrogen and oxygen atoms in total. The molecule has 2 aromatic carbocycles. The molecule has 0 aromatic heterocycles. The van der Waals surface area contributed by atoms with Crippen molar-refractivity contribution in [3.8, 4) is 11.1 Å². The summed E-state index contributed by atoms with van der Waals surface area (Å²) in [5.41, 5.74) is 4.16. The number of carbonyl (C=O) groups is 2. The second kappa shape index (κ2) is 7.98. The number of halogens is 3. The monoisotopic (exact) mass is 421 g/mol. The number of hydrogen-bond acceptors (Lipinski definition) is 5. The molecule has 1 heterocycles. The minimum Gasteiger partial charge on any atom is -0.448 e. The summed E-state index contributed by atoms with van der Waals surface area (Å²) in [6.07, 6.45) is -5.37. The number of carbonyl (C=O) groups excluding carboxylic acids is 2. The molecule has 9 heteroatoms. The Kier molecular flexibility index (Phi) is 5.38. The van der Waals surface area contributed by atoms with Gasteiger partial charge in [-0.05, 0) is 22.3 Å². The van der Waals surface area contributed by atoms with E-state index < -0.39 is 44.2 Å². The van der Waals surface area contributed by atoms with E-state index >= 15 is 0 Å². The van der Waals surface area contributed by atoms with E-state index in [1.54, 1.807) is 0 Å². The van der Waals surface area contributed by atoms with Crippen LogP contribution in [0.2, 0.25) is 0 Å². The highest BCUT2D eigenvalue weighted by molar-refractivity contribution is 5.84. The Morgan fingerprint density at radius 3 is 2.23 bits per heavy atom. The fourth-order valence-corrected chi connectivity index (χ4v) is 3.75. The number of esters is 1. The quantitative estimate of drug-likeness (QED) is 0.689. The Hall–Kier alpha value is -3.07. The number of ether oxygens (including phenoxy) is 3. The van der Waals surface area contributed by atoms with Gasteiger partial charge in [0.15, 0.2) is 12.8 Å². The number of fused-ring (bicyclic) bond motifs is 3. The van der Waals surface area contributed by atoms with Crippen molar-refractivity contribution in [2.45, 2.75) is 18.1 Å². The lowest BCUT2D eigenvalue weighted by molar-refractivity contribution is -0.177. The van der Waals surface area contributed by atoms with Gasteiger partial charge < -0.3 is 14.2 Å². The van der Waals surface area contributed by atoms with Crippen molar-refractivity contribution in [1.29, 1.82) is 0 Å². The highest BCUT2D eigenvalue weighted by atomic mass is 19.4. The first-order valence-electron chi connectivity index (χ1n) is 9.28. The lowest BCUT2D eigenvalue weighted by Gasteiger charge is -2.21. The van der Waals surface area contributed by atoms with E-state index in [1.807, 2.05) is 48.5 Å². The molecule has 0 saturated carbocycles. The summed E-state index contributed by atoms with van der Waals surface area (Å²) < 4.78 is 51.6. The maximum atomic E-state index is 12.5. The SMILES string of the molecule is O=C1OCN(C(=O)OCC2c3ccccc3-c3ccccc32)[C@H]1COCC(F)(F)F. The van der Waals surface area contributed by atoms with Crippen LogP contribution in [0.5, 0.6) is 0 Å². The minimum absolute atomic E-state index is 0.0215. The zero-order chi connectivity index (χ0) is 21.3. The van der Waals surface area contributed by atoms with Crippen LogP contribution in [0.1, 0.15) is 17.0 Å². The van der Waals surface area contributed by atoms with Gasteiger partial charge in [-0.3, -0.25) is 4.90 Å². The van der Waals surface area contributed by atoms with Gasteiger partial charge in [0.05, 0.1) is 6.61 Å². The van der Waals surface area contributed by atoms with Gasteiger partial charge in [0, 0.05) is 5.92 Å². The molecule has 1 amide bonds. The van der Waals surface area contributed by atoms with Crippen LogP contribution in [0.3, 0.4) is 0 Å². The third-order valence-corrected chi connectivity index (χ3v) is 5.11. The first-order chi connectivity index (χ1) is 14.3. The van der Waals surface area contributed by atoms with Gasteiger partial charge in [-0.15, -0.1) is 0 Å². The Balaban J connectivity index is 1.42. The van der Waals surface area contributed by atoms with Crippen molar-refractivity contribution in [1.82, 2.24) is 4.90 Å². The Labute approximate surface area is 170 Å². The average Bonchev–Trinajstić information content (AvgIpc) is 3.24. The summed E-state index contributed by atoms with van der Waals surface area (Å²) in [7, 11) is 0. The molecule has 2 aliphatic rings. The molecule has 1 saturated heterocycles.